The third-order valence-corrected chi connectivity index (χ3v) is 4.62. The van der Waals surface area contributed by atoms with Crippen LogP contribution in [0.3, 0.4) is 0 Å². The van der Waals surface area contributed by atoms with E-state index in [2.05, 4.69) is 5.32 Å². The Morgan fingerprint density at radius 3 is 2.64 bits per heavy atom. The van der Waals surface area contributed by atoms with Crippen LogP contribution in [0.1, 0.15) is 12.0 Å². The molecule has 5 nitrogen and oxygen atoms in total. The summed E-state index contributed by atoms with van der Waals surface area (Å²) in [6, 6.07) is 11.9. The Bertz CT molecular complexity index is 761. The van der Waals surface area contributed by atoms with Crippen LogP contribution in [0, 0.1) is 5.82 Å². The van der Waals surface area contributed by atoms with Gasteiger partial charge in [0.1, 0.15) is 11.4 Å². The Morgan fingerprint density at radius 1 is 1.28 bits per heavy atom. The molecule has 7 heteroatoms. The molecule has 3 rings (SSSR count). The first-order chi connectivity index (χ1) is 12.0. The molecule has 0 saturated carbocycles. The summed E-state index contributed by atoms with van der Waals surface area (Å²) >= 11 is 5.77. The molecular formula is C18H18ClFN2O3. The van der Waals surface area contributed by atoms with Crippen molar-refractivity contribution < 1.29 is 19.1 Å². The molecule has 1 aliphatic rings. The number of carbonyl (C=O) groups excluding carboxylic acids is 1. The minimum absolute atomic E-state index is 0.202. The van der Waals surface area contributed by atoms with Crippen LogP contribution >= 0.6 is 11.6 Å². The second-order valence-corrected chi connectivity index (χ2v) is 6.44. The largest absolute Gasteiger partial charge is 0.379 e. The molecule has 1 saturated heterocycles. The van der Waals surface area contributed by atoms with Crippen molar-refractivity contribution in [3.8, 4) is 11.1 Å². The first kappa shape index (κ1) is 17.8. The predicted octanol–water partition coefficient (Wildman–Crippen LogP) is 2.90. The second kappa shape index (κ2) is 7.49. The Kier molecular flexibility index (Phi) is 5.34. The van der Waals surface area contributed by atoms with E-state index < -0.39 is 11.4 Å². The first-order valence-corrected chi connectivity index (χ1v) is 8.23. The van der Waals surface area contributed by atoms with Gasteiger partial charge < -0.3 is 4.74 Å². The zero-order valence-electron chi connectivity index (χ0n) is 13.4. The monoisotopic (exact) mass is 364 g/mol. The van der Waals surface area contributed by atoms with Gasteiger partial charge in [-0.2, -0.15) is 0 Å². The maximum absolute atomic E-state index is 14.0. The molecule has 1 unspecified atom stereocenters. The molecule has 132 valence electrons. The van der Waals surface area contributed by atoms with Crippen LogP contribution in [0.4, 0.5) is 4.39 Å². The van der Waals surface area contributed by atoms with Crippen molar-refractivity contribution in [3.63, 3.8) is 0 Å². The van der Waals surface area contributed by atoms with E-state index in [1.165, 1.54) is 6.07 Å². The highest BCUT2D eigenvalue weighted by molar-refractivity contribution is 6.30. The van der Waals surface area contributed by atoms with E-state index >= 15 is 0 Å². The second-order valence-electron chi connectivity index (χ2n) is 6.00. The predicted molar refractivity (Wildman–Crippen MR) is 91.8 cm³/mol. The highest BCUT2D eigenvalue weighted by Crippen LogP contribution is 2.26. The summed E-state index contributed by atoms with van der Waals surface area (Å²) in [4.78, 5) is 11.9. The van der Waals surface area contributed by atoms with Crippen molar-refractivity contribution in [1.29, 1.82) is 0 Å². The maximum Gasteiger partial charge on any atom is 0.266 e. The Hall–Kier alpha value is -1.99. The average molecular weight is 365 g/mol. The van der Waals surface area contributed by atoms with Gasteiger partial charge in [-0.05, 0) is 29.3 Å². The van der Waals surface area contributed by atoms with Gasteiger partial charge in [-0.25, -0.2) is 9.87 Å². The maximum atomic E-state index is 14.0. The van der Waals surface area contributed by atoms with E-state index in [1.807, 2.05) is 24.3 Å². The summed E-state index contributed by atoms with van der Waals surface area (Å²) in [5.74, 6) is -0.884. The van der Waals surface area contributed by atoms with Crippen LogP contribution in [-0.2, 0) is 16.1 Å². The van der Waals surface area contributed by atoms with Crippen molar-refractivity contribution in [2.75, 3.05) is 13.2 Å². The van der Waals surface area contributed by atoms with Crippen molar-refractivity contribution in [2.45, 2.75) is 18.5 Å². The Morgan fingerprint density at radius 2 is 2.04 bits per heavy atom. The lowest BCUT2D eigenvalue weighted by Crippen LogP contribution is -2.56. The number of rotatable bonds is 5. The van der Waals surface area contributed by atoms with Crippen molar-refractivity contribution in [3.05, 3.63) is 58.9 Å². The van der Waals surface area contributed by atoms with Gasteiger partial charge in [0, 0.05) is 30.2 Å². The highest BCUT2D eigenvalue weighted by atomic mass is 35.5. The summed E-state index contributed by atoms with van der Waals surface area (Å²) in [6.07, 6.45) is 0.480. The first-order valence-electron chi connectivity index (χ1n) is 7.86. The standard InChI is InChI=1S/C18H18ClFN2O3/c19-14-5-6-15(16(20)9-14)13-3-1-12(2-4-13)10-21-18(17(23)22-24)7-8-25-11-18/h1-6,9,21,24H,7-8,10-11H2,(H,22,23). The van der Waals surface area contributed by atoms with Gasteiger partial charge in [-0.15, -0.1) is 0 Å². The quantitative estimate of drug-likeness (QED) is 0.563. The van der Waals surface area contributed by atoms with E-state index in [-0.39, 0.29) is 12.4 Å². The third kappa shape index (κ3) is 3.82. The van der Waals surface area contributed by atoms with Gasteiger partial charge in [0.15, 0.2) is 0 Å². The zero-order chi connectivity index (χ0) is 17.9. The zero-order valence-corrected chi connectivity index (χ0v) is 14.1. The minimum Gasteiger partial charge on any atom is -0.379 e. The van der Waals surface area contributed by atoms with E-state index in [9.17, 15) is 9.18 Å². The van der Waals surface area contributed by atoms with E-state index in [1.54, 1.807) is 17.6 Å². The summed E-state index contributed by atoms with van der Waals surface area (Å²) < 4.78 is 19.3. The molecule has 2 aromatic rings. The molecular weight excluding hydrogens is 347 g/mol. The molecule has 1 heterocycles. The van der Waals surface area contributed by atoms with Crippen LogP contribution in [0.25, 0.3) is 11.1 Å². The van der Waals surface area contributed by atoms with Crippen LogP contribution in [0.5, 0.6) is 0 Å². The number of nitrogens with one attached hydrogen (secondary N) is 2. The number of amides is 1. The van der Waals surface area contributed by atoms with E-state index in [0.29, 0.717) is 30.2 Å². The number of hydrogen-bond donors (Lipinski definition) is 3. The number of ether oxygens (including phenoxy) is 1. The fraction of sp³-hybridized carbons (Fsp3) is 0.278. The summed E-state index contributed by atoms with van der Waals surface area (Å²) in [7, 11) is 0. The molecule has 3 N–H and O–H groups in total. The summed E-state index contributed by atoms with van der Waals surface area (Å²) in [6.45, 7) is 1.07. The molecule has 0 aliphatic carbocycles. The summed E-state index contributed by atoms with van der Waals surface area (Å²) in [5.41, 5.74) is 2.90. The number of benzene rings is 2. The van der Waals surface area contributed by atoms with Crippen LogP contribution in [0.2, 0.25) is 5.02 Å². The molecule has 1 atom stereocenters. The topological polar surface area (TPSA) is 70.6 Å². The van der Waals surface area contributed by atoms with Crippen LogP contribution < -0.4 is 10.8 Å². The van der Waals surface area contributed by atoms with Crippen LogP contribution in [0.15, 0.2) is 42.5 Å². The molecule has 0 bridgehead atoms. The smallest absolute Gasteiger partial charge is 0.266 e. The van der Waals surface area contributed by atoms with Gasteiger partial charge in [-0.1, -0.05) is 35.9 Å². The summed E-state index contributed by atoms with van der Waals surface area (Å²) in [5, 5.41) is 12.4. The Balaban J connectivity index is 1.71. The van der Waals surface area contributed by atoms with Gasteiger partial charge in [0.25, 0.3) is 5.91 Å². The molecule has 2 aromatic carbocycles. The highest BCUT2D eigenvalue weighted by Gasteiger charge is 2.41. The molecule has 0 radical (unpaired) electrons. The van der Waals surface area contributed by atoms with Gasteiger partial charge in [-0.3, -0.25) is 15.3 Å². The molecule has 1 aliphatic heterocycles. The molecule has 1 fully saturated rings. The van der Waals surface area contributed by atoms with E-state index in [0.717, 1.165) is 11.1 Å². The molecule has 0 spiro atoms. The van der Waals surface area contributed by atoms with Crippen molar-refractivity contribution >= 4 is 17.5 Å². The lowest BCUT2D eigenvalue weighted by molar-refractivity contribution is -0.136. The lowest BCUT2D eigenvalue weighted by atomic mass is 9.97. The SMILES string of the molecule is O=C(NO)C1(NCc2ccc(-c3ccc(Cl)cc3F)cc2)CCOC1. The average Bonchev–Trinajstić information content (AvgIpc) is 3.10. The Labute approximate surface area is 149 Å². The number of hydroxylamine groups is 1. The molecule has 1 amide bonds. The van der Waals surface area contributed by atoms with Crippen LogP contribution in [-0.4, -0.2) is 29.9 Å². The van der Waals surface area contributed by atoms with Crippen molar-refractivity contribution in [1.82, 2.24) is 10.8 Å². The fourth-order valence-electron chi connectivity index (χ4n) is 2.87. The molecule has 0 aromatic heterocycles. The van der Waals surface area contributed by atoms with Crippen molar-refractivity contribution in [2.24, 2.45) is 0 Å². The van der Waals surface area contributed by atoms with E-state index in [4.69, 9.17) is 21.5 Å². The van der Waals surface area contributed by atoms with Gasteiger partial charge >= 0.3 is 0 Å². The number of hydrogen-bond acceptors (Lipinski definition) is 4. The normalized spacial score (nSPS) is 19.8. The third-order valence-electron chi connectivity index (χ3n) is 4.38. The minimum atomic E-state index is -0.935. The fourth-order valence-corrected chi connectivity index (χ4v) is 3.03. The van der Waals surface area contributed by atoms with Gasteiger partial charge in [0.05, 0.1) is 6.61 Å². The molecule has 25 heavy (non-hydrogen) atoms. The van der Waals surface area contributed by atoms with Gasteiger partial charge in [0.2, 0.25) is 0 Å². The number of halogens is 2. The number of carbonyl (C=O) groups is 1. The lowest BCUT2D eigenvalue weighted by Gasteiger charge is -2.26.